The summed E-state index contributed by atoms with van der Waals surface area (Å²) in [6.07, 6.45) is 7.32. The van der Waals surface area contributed by atoms with E-state index in [0.29, 0.717) is 42.4 Å². The van der Waals surface area contributed by atoms with Crippen molar-refractivity contribution in [1.29, 1.82) is 0 Å². The maximum atomic E-state index is 13.6. The highest BCUT2D eigenvalue weighted by molar-refractivity contribution is 5.98. The molecule has 0 spiro atoms. The topological polar surface area (TPSA) is 165 Å². The third-order valence-electron chi connectivity index (χ3n) is 7.91. The molecule has 3 amide bonds. The van der Waals surface area contributed by atoms with E-state index >= 15 is 0 Å². The lowest BCUT2D eigenvalue weighted by Crippen LogP contribution is -2.57. The monoisotopic (exact) mass is 559 g/mol. The Balaban J connectivity index is 1.42. The Morgan fingerprint density at radius 1 is 1.10 bits per heavy atom. The summed E-state index contributed by atoms with van der Waals surface area (Å²) in [5, 5.41) is 23.0. The van der Waals surface area contributed by atoms with Gasteiger partial charge < -0.3 is 35.9 Å². The molecule has 2 aliphatic heterocycles. The summed E-state index contributed by atoms with van der Waals surface area (Å²) in [5.41, 5.74) is -0.241. The van der Waals surface area contributed by atoms with Gasteiger partial charge in [-0.25, -0.2) is 0 Å². The Bertz CT molecular complexity index is 1050. The normalized spacial score (nSPS) is 24.9. The molecule has 5 atom stereocenters. The predicted molar refractivity (Wildman–Crippen MR) is 144 cm³/mol. The third-order valence-corrected chi connectivity index (χ3v) is 7.91. The molecule has 3 fully saturated rings. The number of amides is 3. The Kier molecular flexibility index (Phi) is 10.1. The number of rotatable bonds is 13. The maximum absolute atomic E-state index is 13.6. The van der Waals surface area contributed by atoms with Gasteiger partial charge in [0.25, 0.3) is 0 Å². The van der Waals surface area contributed by atoms with E-state index in [1.54, 1.807) is 26.0 Å². The molecule has 0 aromatic carbocycles. The lowest BCUT2D eigenvalue weighted by atomic mass is 9.90. The highest BCUT2D eigenvalue weighted by Gasteiger charge is 2.50. The van der Waals surface area contributed by atoms with E-state index in [2.05, 4.69) is 21.3 Å². The second-order valence-corrected chi connectivity index (χ2v) is 11.4. The number of nitrogens with zero attached hydrogens (tertiary/aromatic N) is 1. The Labute approximate surface area is 234 Å². The van der Waals surface area contributed by atoms with Gasteiger partial charge in [-0.05, 0) is 31.7 Å². The third kappa shape index (κ3) is 8.45. The highest BCUT2D eigenvalue weighted by Crippen LogP contribution is 2.33. The largest absolute Gasteiger partial charge is 0.619 e. The number of ketones is 1. The molecule has 4 N–H and O–H groups in total. The number of morpholine rings is 1. The fourth-order valence-corrected chi connectivity index (χ4v) is 5.35. The summed E-state index contributed by atoms with van der Waals surface area (Å²) in [6, 6.07) is 0.468. The van der Waals surface area contributed by atoms with Crippen molar-refractivity contribution in [3.8, 4) is 0 Å². The summed E-state index contributed by atoms with van der Waals surface area (Å²) in [4.78, 5) is 52.5. The van der Waals surface area contributed by atoms with E-state index < -0.39 is 35.5 Å². The van der Waals surface area contributed by atoms with Crippen LogP contribution in [0.3, 0.4) is 0 Å². The van der Waals surface area contributed by atoms with E-state index in [0.717, 1.165) is 32.2 Å². The van der Waals surface area contributed by atoms with Gasteiger partial charge in [-0.15, -0.1) is 0 Å². The molecule has 1 unspecified atom stereocenters. The van der Waals surface area contributed by atoms with E-state index in [9.17, 15) is 24.4 Å². The second-order valence-electron chi connectivity index (χ2n) is 11.4. The van der Waals surface area contributed by atoms with Gasteiger partial charge in [0.1, 0.15) is 17.7 Å². The van der Waals surface area contributed by atoms with Crippen LogP contribution in [0, 0.1) is 11.1 Å². The molecule has 3 aliphatic rings. The van der Waals surface area contributed by atoms with Crippen LogP contribution in [0.4, 0.5) is 0 Å². The van der Waals surface area contributed by atoms with E-state index in [1.165, 1.54) is 12.4 Å². The maximum Gasteiger partial charge on any atom is 0.243 e. The molecular formula is C28H41N5O7. The molecule has 40 heavy (non-hydrogen) atoms. The number of epoxide rings is 1. The average molecular weight is 560 g/mol. The van der Waals surface area contributed by atoms with Crippen LogP contribution >= 0.6 is 0 Å². The fourth-order valence-electron chi connectivity index (χ4n) is 5.35. The second kappa shape index (κ2) is 13.5. The molecular weight excluding hydrogens is 518 g/mol. The number of aromatic nitrogens is 1. The van der Waals surface area contributed by atoms with Crippen molar-refractivity contribution in [2.24, 2.45) is 5.92 Å². The van der Waals surface area contributed by atoms with Crippen LogP contribution < -0.4 is 26.0 Å². The molecule has 4 rings (SSSR count). The van der Waals surface area contributed by atoms with Gasteiger partial charge in [-0.2, -0.15) is 4.73 Å². The van der Waals surface area contributed by atoms with E-state index in [-0.39, 0.29) is 30.6 Å². The van der Waals surface area contributed by atoms with Gasteiger partial charge in [0.05, 0.1) is 31.8 Å². The number of hydrogen-bond acceptors (Lipinski definition) is 8. The molecule has 1 aromatic heterocycles. The number of pyridine rings is 1. The summed E-state index contributed by atoms with van der Waals surface area (Å²) in [6.45, 7) is 5.40. The zero-order chi connectivity index (χ0) is 28.7. The van der Waals surface area contributed by atoms with Crippen molar-refractivity contribution in [2.75, 3.05) is 26.3 Å². The van der Waals surface area contributed by atoms with Gasteiger partial charge in [0, 0.05) is 31.6 Å². The Morgan fingerprint density at radius 2 is 1.77 bits per heavy atom. The quantitative estimate of drug-likeness (QED) is 0.145. The lowest BCUT2D eigenvalue weighted by molar-refractivity contribution is -0.605. The summed E-state index contributed by atoms with van der Waals surface area (Å²) < 4.78 is 11.6. The molecule has 3 heterocycles. The van der Waals surface area contributed by atoms with Crippen molar-refractivity contribution in [1.82, 2.24) is 21.3 Å². The number of hydrogen-bond donors (Lipinski definition) is 4. The number of ether oxygens (including phenoxy) is 2. The first-order chi connectivity index (χ1) is 19.1. The zero-order valence-corrected chi connectivity index (χ0v) is 23.3. The Hall–Kier alpha value is -3.09. The van der Waals surface area contributed by atoms with Crippen LogP contribution in [0.1, 0.15) is 57.9 Å². The minimum absolute atomic E-state index is 0.0960. The predicted octanol–water partition coefficient (Wildman–Crippen LogP) is -0.346. The SMILES string of the molecule is C[C@H](NC(=O)CC1CNCCO1)C(=O)N[C@@H](Cc1cc[n+]([O-])cc1)C(=O)N[C@@H](CC1CCCC1)C(=O)[C@@]1(C)CO1. The first kappa shape index (κ1) is 29.9. The standard InChI is InChI=1S/C28H41N5O7/c1-18(30-24(34)15-21-16-29-9-12-39-21)26(36)32-23(14-20-7-10-33(38)11-8-20)27(37)31-22(13-19-5-3-4-6-19)25(35)28(2)17-40-28/h7-8,10-11,18-19,21-23,29H,3-6,9,12-17H2,1-2H3,(H,30,34)(H,31,37)(H,32,36)/t18-,21?,22-,23-,28+/m0/s1. The summed E-state index contributed by atoms with van der Waals surface area (Å²) in [5.74, 6) is -1.20. The van der Waals surface area contributed by atoms with Gasteiger partial charge in [-0.1, -0.05) is 25.7 Å². The first-order valence-electron chi connectivity index (χ1n) is 14.2. The number of carbonyl (C=O) groups is 4. The first-order valence-corrected chi connectivity index (χ1v) is 14.2. The summed E-state index contributed by atoms with van der Waals surface area (Å²) >= 11 is 0. The smallest absolute Gasteiger partial charge is 0.243 e. The van der Waals surface area contributed by atoms with Crippen LogP contribution in [-0.2, 0) is 35.1 Å². The molecule has 2 saturated heterocycles. The van der Waals surface area contributed by atoms with E-state index in [4.69, 9.17) is 9.47 Å². The molecule has 12 nitrogen and oxygen atoms in total. The minimum atomic E-state index is -1.04. The molecule has 1 aromatic rings. The van der Waals surface area contributed by atoms with Gasteiger partial charge in [0.15, 0.2) is 18.2 Å². The van der Waals surface area contributed by atoms with Crippen LogP contribution in [0.5, 0.6) is 0 Å². The number of Topliss-reactive ketones (excluding diaryl/α,β-unsaturated/α-hetero) is 1. The van der Waals surface area contributed by atoms with Crippen LogP contribution in [-0.4, -0.2) is 79.6 Å². The number of carbonyl (C=O) groups excluding carboxylic acids is 4. The highest BCUT2D eigenvalue weighted by atomic mass is 16.6. The molecule has 12 heteroatoms. The lowest BCUT2D eigenvalue weighted by Gasteiger charge is -2.27. The van der Waals surface area contributed by atoms with Crippen LogP contribution in [0.15, 0.2) is 24.5 Å². The number of nitrogens with one attached hydrogen (secondary N) is 4. The zero-order valence-electron chi connectivity index (χ0n) is 23.3. The van der Waals surface area contributed by atoms with Crippen molar-refractivity contribution >= 4 is 23.5 Å². The van der Waals surface area contributed by atoms with Crippen molar-refractivity contribution in [3.05, 3.63) is 35.3 Å². The Morgan fingerprint density at radius 3 is 2.40 bits per heavy atom. The minimum Gasteiger partial charge on any atom is -0.619 e. The van der Waals surface area contributed by atoms with Crippen molar-refractivity contribution in [2.45, 2.75) is 88.6 Å². The molecule has 220 valence electrons. The summed E-state index contributed by atoms with van der Waals surface area (Å²) in [7, 11) is 0. The molecule has 1 saturated carbocycles. The van der Waals surface area contributed by atoms with Gasteiger partial charge >= 0.3 is 0 Å². The van der Waals surface area contributed by atoms with Crippen molar-refractivity contribution < 1.29 is 33.4 Å². The van der Waals surface area contributed by atoms with Gasteiger partial charge in [0.2, 0.25) is 17.7 Å². The van der Waals surface area contributed by atoms with Crippen molar-refractivity contribution in [3.63, 3.8) is 0 Å². The fraction of sp³-hybridized carbons (Fsp3) is 0.679. The van der Waals surface area contributed by atoms with E-state index in [1.807, 2.05) is 0 Å². The van der Waals surface area contributed by atoms with Gasteiger partial charge in [-0.3, -0.25) is 19.2 Å². The average Bonchev–Trinajstić information content (AvgIpc) is 3.47. The van der Waals surface area contributed by atoms with Crippen LogP contribution in [0.2, 0.25) is 0 Å². The molecule has 0 radical (unpaired) electrons. The van der Waals surface area contributed by atoms with Crippen LogP contribution in [0.25, 0.3) is 0 Å². The molecule has 0 bridgehead atoms. The molecule has 1 aliphatic carbocycles.